The van der Waals surface area contributed by atoms with Crippen LogP contribution >= 0.6 is 0 Å². The summed E-state index contributed by atoms with van der Waals surface area (Å²) >= 11 is 0. The number of carboxylic acid groups (broad SMARTS) is 1. The molecule has 1 N–H and O–H groups in total. The van der Waals surface area contributed by atoms with Gasteiger partial charge in [0.1, 0.15) is 5.75 Å². The number of carboxylic acids is 1. The average Bonchev–Trinajstić information content (AvgIpc) is 2.47. The maximum Gasteiger partial charge on any atom is 0.305 e. The van der Waals surface area contributed by atoms with Crippen molar-refractivity contribution in [2.45, 2.75) is 46.6 Å². The van der Waals surface area contributed by atoms with Gasteiger partial charge in [-0.2, -0.15) is 0 Å². The second kappa shape index (κ2) is 9.18. The maximum atomic E-state index is 12.5. The third-order valence-corrected chi connectivity index (χ3v) is 3.52. The lowest BCUT2D eigenvalue weighted by molar-refractivity contribution is -0.137. The number of ether oxygens (including phenoxy) is 1. The van der Waals surface area contributed by atoms with Gasteiger partial charge in [-0.15, -0.1) is 0 Å². The number of hydrogen-bond donors (Lipinski definition) is 1. The van der Waals surface area contributed by atoms with Crippen LogP contribution in [0.3, 0.4) is 0 Å². The van der Waals surface area contributed by atoms with E-state index >= 15 is 0 Å². The predicted octanol–water partition coefficient (Wildman–Crippen LogP) is 3.44. The average molecular weight is 321 g/mol. The van der Waals surface area contributed by atoms with E-state index in [-0.39, 0.29) is 24.9 Å². The van der Waals surface area contributed by atoms with Gasteiger partial charge in [0.25, 0.3) is 5.91 Å². The van der Waals surface area contributed by atoms with Crippen molar-refractivity contribution >= 4 is 11.9 Å². The number of carbonyl (C=O) groups excluding carboxylic acids is 1. The largest absolute Gasteiger partial charge is 0.494 e. The SMILES string of the molecule is CC(C)CCOc1ccc(C(=O)N(CCC(=O)O)C(C)C)cc1. The summed E-state index contributed by atoms with van der Waals surface area (Å²) in [7, 11) is 0. The monoisotopic (exact) mass is 321 g/mol. The van der Waals surface area contributed by atoms with E-state index < -0.39 is 5.97 Å². The molecule has 0 aromatic heterocycles. The van der Waals surface area contributed by atoms with Gasteiger partial charge < -0.3 is 14.7 Å². The summed E-state index contributed by atoms with van der Waals surface area (Å²) in [6, 6.07) is 6.96. The van der Waals surface area contributed by atoms with Gasteiger partial charge in [0.15, 0.2) is 0 Å². The quantitative estimate of drug-likeness (QED) is 0.756. The van der Waals surface area contributed by atoms with Crippen molar-refractivity contribution in [3.05, 3.63) is 29.8 Å². The fourth-order valence-corrected chi connectivity index (χ4v) is 2.08. The van der Waals surface area contributed by atoms with Crippen molar-refractivity contribution in [3.8, 4) is 5.75 Å². The van der Waals surface area contributed by atoms with Crippen LogP contribution in [0, 0.1) is 5.92 Å². The lowest BCUT2D eigenvalue weighted by Gasteiger charge is -2.26. The molecular weight excluding hydrogens is 294 g/mol. The van der Waals surface area contributed by atoms with Crippen LogP contribution in [-0.2, 0) is 4.79 Å². The van der Waals surface area contributed by atoms with E-state index in [0.717, 1.165) is 12.2 Å². The molecule has 0 atom stereocenters. The summed E-state index contributed by atoms with van der Waals surface area (Å²) in [6.45, 7) is 8.90. The molecule has 0 fully saturated rings. The molecule has 0 unspecified atom stereocenters. The highest BCUT2D eigenvalue weighted by Crippen LogP contribution is 2.16. The van der Waals surface area contributed by atoms with E-state index in [2.05, 4.69) is 13.8 Å². The summed E-state index contributed by atoms with van der Waals surface area (Å²) in [5.41, 5.74) is 0.542. The zero-order valence-corrected chi connectivity index (χ0v) is 14.4. The Balaban J connectivity index is 2.68. The standard InChI is InChI=1S/C18H27NO4/c1-13(2)10-12-23-16-7-5-15(6-8-16)18(22)19(14(3)4)11-9-17(20)21/h5-8,13-14H,9-12H2,1-4H3,(H,20,21). The van der Waals surface area contributed by atoms with Crippen LogP contribution in [0.4, 0.5) is 0 Å². The molecule has 0 aliphatic heterocycles. The third-order valence-electron chi connectivity index (χ3n) is 3.52. The first-order chi connectivity index (χ1) is 10.8. The Hall–Kier alpha value is -2.04. The van der Waals surface area contributed by atoms with Gasteiger partial charge in [-0.05, 0) is 50.5 Å². The van der Waals surface area contributed by atoms with Crippen LogP contribution in [-0.4, -0.2) is 41.1 Å². The Kier molecular flexibility index (Phi) is 7.59. The summed E-state index contributed by atoms with van der Waals surface area (Å²) < 4.78 is 5.64. The molecule has 0 aliphatic carbocycles. The first kappa shape index (κ1) is 19.0. The van der Waals surface area contributed by atoms with Gasteiger partial charge in [0, 0.05) is 18.2 Å². The molecule has 1 rings (SSSR count). The second-order valence-corrected chi connectivity index (χ2v) is 6.29. The fraction of sp³-hybridized carbons (Fsp3) is 0.556. The second-order valence-electron chi connectivity index (χ2n) is 6.29. The van der Waals surface area contributed by atoms with E-state index in [9.17, 15) is 9.59 Å². The van der Waals surface area contributed by atoms with Crippen molar-refractivity contribution in [2.75, 3.05) is 13.2 Å². The summed E-state index contributed by atoms with van der Waals surface area (Å²) in [6.07, 6.45) is 0.928. The molecule has 1 aromatic rings. The summed E-state index contributed by atoms with van der Waals surface area (Å²) in [5.74, 6) is 0.265. The van der Waals surface area contributed by atoms with Crippen molar-refractivity contribution in [2.24, 2.45) is 5.92 Å². The minimum Gasteiger partial charge on any atom is -0.494 e. The van der Waals surface area contributed by atoms with Crippen LogP contribution in [0.25, 0.3) is 0 Å². The Morgan fingerprint density at radius 2 is 1.74 bits per heavy atom. The van der Waals surface area contributed by atoms with E-state index in [1.807, 2.05) is 13.8 Å². The lowest BCUT2D eigenvalue weighted by atomic mass is 10.1. The molecule has 1 amide bonds. The predicted molar refractivity (Wildman–Crippen MR) is 89.8 cm³/mol. The van der Waals surface area contributed by atoms with Gasteiger partial charge in [0.2, 0.25) is 0 Å². The van der Waals surface area contributed by atoms with E-state index in [0.29, 0.717) is 18.1 Å². The van der Waals surface area contributed by atoms with E-state index in [1.165, 1.54) is 0 Å². The Labute approximate surface area is 138 Å². The third kappa shape index (κ3) is 6.72. The number of carbonyl (C=O) groups is 2. The highest BCUT2D eigenvalue weighted by Gasteiger charge is 2.19. The molecule has 1 aromatic carbocycles. The Bertz CT molecular complexity index is 508. The molecule has 0 aliphatic rings. The van der Waals surface area contributed by atoms with Crippen LogP contribution in [0.2, 0.25) is 0 Å². The maximum absolute atomic E-state index is 12.5. The first-order valence-electron chi connectivity index (χ1n) is 8.07. The van der Waals surface area contributed by atoms with E-state index in [1.54, 1.807) is 29.2 Å². The van der Waals surface area contributed by atoms with Crippen LogP contribution in [0.1, 0.15) is 50.9 Å². The van der Waals surface area contributed by atoms with Crippen LogP contribution in [0.15, 0.2) is 24.3 Å². The number of benzene rings is 1. The van der Waals surface area contributed by atoms with Crippen LogP contribution in [0.5, 0.6) is 5.75 Å². The minimum absolute atomic E-state index is 0.0520. The molecule has 0 heterocycles. The molecule has 0 spiro atoms. The van der Waals surface area contributed by atoms with Crippen molar-refractivity contribution < 1.29 is 19.4 Å². The zero-order chi connectivity index (χ0) is 17.4. The number of rotatable bonds is 9. The van der Waals surface area contributed by atoms with Crippen LogP contribution < -0.4 is 4.74 Å². The smallest absolute Gasteiger partial charge is 0.305 e. The van der Waals surface area contributed by atoms with Gasteiger partial charge in [-0.3, -0.25) is 9.59 Å². The van der Waals surface area contributed by atoms with Gasteiger partial charge in [-0.25, -0.2) is 0 Å². The first-order valence-corrected chi connectivity index (χ1v) is 8.07. The normalized spacial score (nSPS) is 10.9. The molecule has 0 radical (unpaired) electrons. The number of aliphatic carboxylic acids is 1. The van der Waals surface area contributed by atoms with E-state index in [4.69, 9.17) is 9.84 Å². The number of amides is 1. The van der Waals surface area contributed by atoms with Crippen molar-refractivity contribution in [3.63, 3.8) is 0 Å². The molecule has 0 bridgehead atoms. The van der Waals surface area contributed by atoms with Gasteiger partial charge >= 0.3 is 5.97 Å². The fourth-order valence-electron chi connectivity index (χ4n) is 2.08. The van der Waals surface area contributed by atoms with Crippen molar-refractivity contribution in [1.82, 2.24) is 4.90 Å². The Morgan fingerprint density at radius 1 is 1.13 bits per heavy atom. The molecule has 0 saturated heterocycles. The number of nitrogens with zero attached hydrogens (tertiary/aromatic N) is 1. The topological polar surface area (TPSA) is 66.8 Å². The zero-order valence-electron chi connectivity index (χ0n) is 14.4. The molecule has 0 saturated carbocycles. The highest BCUT2D eigenvalue weighted by atomic mass is 16.5. The Morgan fingerprint density at radius 3 is 2.22 bits per heavy atom. The number of hydrogen-bond acceptors (Lipinski definition) is 3. The van der Waals surface area contributed by atoms with Crippen molar-refractivity contribution in [1.29, 1.82) is 0 Å². The molecule has 5 heteroatoms. The highest BCUT2D eigenvalue weighted by molar-refractivity contribution is 5.94. The lowest BCUT2D eigenvalue weighted by Crippen LogP contribution is -2.38. The minimum atomic E-state index is -0.905. The molecular formula is C18H27NO4. The molecule has 23 heavy (non-hydrogen) atoms. The summed E-state index contributed by atoms with van der Waals surface area (Å²) in [4.78, 5) is 24.8. The van der Waals surface area contributed by atoms with Gasteiger partial charge in [0.05, 0.1) is 13.0 Å². The molecule has 5 nitrogen and oxygen atoms in total. The van der Waals surface area contributed by atoms with Gasteiger partial charge in [-0.1, -0.05) is 13.8 Å². The molecule has 128 valence electrons. The summed E-state index contributed by atoms with van der Waals surface area (Å²) in [5, 5.41) is 8.80.